The van der Waals surface area contributed by atoms with Gasteiger partial charge in [0.15, 0.2) is 0 Å². The fourth-order valence-corrected chi connectivity index (χ4v) is 4.56. The van der Waals surface area contributed by atoms with Crippen LogP contribution in [0.5, 0.6) is 0 Å². The van der Waals surface area contributed by atoms with E-state index in [2.05, 4.69) is 23.1 Å². The number of fused-ring (bicyclic) bond motifs is 1. The number of rotatable bonds is 4. The van der Waals surface area contributed by atoms with E-state index in [1.54, 1.807) is 0 Å². The first-order valence-corrected chi connectivity index (χ1v) is 10.0. The summed E-state index contributed by atoms with van der Waals surface area (Å²) in [5.74, 6) is 0.138. The van der Waals surface area contributed by atoms with Gasteiger partial charge < -0.3 is 14.7 Å². The molecule has 0 spiro atoms. The second-order valence-corrected chi connectivity index (χ2v) is 8.17. The summed E-state index contributed by atoms with van der Waals surface area (Å²) in [6.07, 6.45) is 5.96. The fraction of sp³-hybridized carbons (Fsp3) is 0.667. The van der Waals surface area contributed by atoms with E-state index in [0.717, 1.165) is 38.3 Å². The van der Waals surface area contributed by atoms with E-state index in [1.807, 2.05) is 4.90 Å². The Morgan fingerprint density at radius 1 is 1.12 bits per heavy atom. The molecule has 1 amide bonds. The highest BCUT2D eigenvalue weighted by Gasteiger charge is 2.39. The zero-order valence-electron chi connectivity index (χ0n) is 15.6. The van der Waals surface area contributed by atoms with Crippen molar-refractivity contribution in [3.63, 3.8) is 0 Å². The summed E-state index contributed by atoms with van der Waals surface area (Å²) in [6, 6.07) is 6.54. The predicted octanol–water partition coefficient (Wildman–Crippen LogP) is 1.40. The summed E-state index contributed by atoms with van der Waals surface area (Å²) in [7, 11) is 0. The molecule has 0 saturated carbocycles. The zero-order chi connectivity index (χ0) is 18.0. The lowest BCUT2D eigenvalue weighted by molar-refractivity contribution is -0.130. The fourth-order valence-electron chi connectivity index (χ4n) is 4.56. The number of benzene rings is 1. The maximum atomic E-state index is 12.7. The lowest BCUT2D eigenvalue weighted by atomic mass is 9.90. The molecule has 0 bridgehead atoms. The smallest absolute Gasteiger partial charge is 0.227 e. The van der Waals surface area contributed by atoms with Crippen LogP contribution in [0.3, 0.4) is 0 Å². The first kappa shape index (κ1) is 18.0. The Morgan fingerprint density at radius 3 is 2.69 bits per heavy atom. The molecule has 3 aliphatic rings. The van der Waals surface area contributed by atoms with Gasteiger partial charge in [-0.2, -0.15) is 0 Å². The van der Waals surface area contributed by atoms with E-state index in [-0.39, 0.29) is 5.91 Å². The third-order valence-corrected chi connectivity index (χ3v) is 6.07. The number of ether oxygens (including phenoxy) is 1. The van der Waals surface area contributed by atoms with Crippen LogP contribution in [0.25, 0.3) is 0 Å². The molecular weight excluding hydrogens is 328 g/mol. The van der Waals surface area contributed by atoms with Crippen LogP contribution in [0.4, 0.5) is 0 Å². The zero-order valence-corrected chi connectivity index (χ0v) is 15.6. The number of carbonyl (C=O) groups is 1. The molecule has 0 unspecified atom stereocenters. The molecule has 2 fully saturated rings. The van der Waals surface area contributed by atoms with Crippen molar-refractivity contribution >= 4 is 5.91 Å². The molecular formula is C21H30N2O3. The van der Waals surface area contributed by atoms with Gasteiger partial charge in [0.25, 0.3) is 0 Å². The van der Waals surface area contributed by atoms with E-state index in [4.69, 9.17) is 4.74 Å². The van der Waals surface area contributed by atoms with Crippen molar-refractivity contribution in [1.82, 2.24) is 9.80 Å². The molecule has 0 aromatic heterocycles. The van der Waals surface area contributed by atoms with Crippen molar-refractivity contribution < 1.29 is 14.6 Å². The average molecular weight is 358 g/mol. The molecule has 1 N–H and O–H groups in total. The van der Waals surface area contributed by atoms with Gasteiger partial charge in [-0.3, -0.25) is 9.69 Å². The molecule has 2 saturated heterocycles. The van der Waals surface area contributed by atoms with Crippen LogP contribution in [0.2, 0.25) is 0 Å². The van der Waals surface area contributed by atoms with Crippen LogP contribution in [-0.4, -0.2) is 72.4 Å². The Bertz CT molecular complexity index is 657. The van der Waals surface area contributed by atoms with Crippen LogP contribution in [0.15, 0.2) is 18.2 Å². The highest BCUT2D eigenvalue weighted by atomic mass is 16.5. The van der Waals surface area contributed by atoms with Gasteiger partial charge in [-0.05, 0) is 48.8 Å². The van der Waals surface area contributed by atoms with Crippen molar-refractivity contribution in [3.8, 4) is 0 Å². The number of amides is 1. The molecule has 1 aliphatic carbocycles. The highest BCUT2D eigenvalue weighted by molar-refractivity contribution is 5.79. The third-order valence-electron chi connectivity index (χ3n) is 6.07. The number of hydrogen-bond donors (Lipinski definition) is 1. The number of likely N-dealkylation sites (tertiary alicyclic amines) is 1. The van der Waals surface area contributed by atoms with Crippen molar-refractivity contribution in [2.45, 2.75) is 44.1 Å². The van der Waals surface area contributed by atoms with Gasteiger partial charge >= 0.3 is 0 Å². The predicted molar refractivity (Wildman–Crippen MR) is 100 cm³/mol. The number of morpholine rings is 1. The summed E-state index contributed by atoms with van der Waals surface area (Å²) in [5, 5.41) is 10.9. The summed E-state index contributed by atoms with van der Waals surface area (Å²) >= 11 is 0. The molecule has 5 heteroatoms. The number of β-amino-alcohol motifs (C(OH)–C–C–N with tert-alkyl or cyclic N) is 1. The molecule has 1 aromatic rings. The molecule has 4 rings (SSSR count). The summed E-state index contributed by atoms with van der Waals surface area (Å²) in [5.41, 5.74) is 3.21. The monoisotopic (exact) mass is 358 g/mol. The Kier molecular flexibility index (Phi) is 5.30. The lowest BCUT2D eigenvalue weighted by Gasteiger charge is -2.33. The van der Waals surface area contributed by atoms with Crippen LogP contribution < -0.4 is 0 Å². The van der Waals surface area contributed by atoms with E-state index in [9.17, 15) is 9.90 Å². The van der Waals surface area contributed by atoms with Gasteiger partial charge in [-0.15, -0.1) is 0 Å². The summed E-state index contributed by atoms with van der Waals surface area (Å²) in [4.78, 5) is 16.8. The minimum atomic E-state index is -0.775. The van der Waals surface area contributed by atoms with Gasteiger partial charge in [-0.25, -0.2) is 0 Å². The average Bonchev–Trinajstić information content (AvgIpc) is 3.04. The van der Waals surface area contributed by atoms with Gasteiger partial charge in [0.2, 0.25) is 5.91 Å². The van der Waals surface area contributed by atoms with Gasteiger partial charge in [0.05, 0.1) is 31.8 Å². The Morgan fingerprint density at radius 2 is 1.88 bits per heavy atom. The molecule has 5 nitrogen and oxygen atoms in total. The summed E-state index contributed by atoms with van der Waals surface area (Å²) in [6.45, 7) is 4.95. The molecule has 1 atom stereocenters. The first-order valence-electron chi connectivity index (χ1n) is 10.0. The maximum absolute atomic E-state index is 12.7. The van der Waals surface area contributed by atoms with Crippen LogP contribution in [-0.2, 0) is 28.8 Å². The number of nitrogens with zero attached hydrogens (tertiary/aromatic N) is 2. The van der Waals surface area contributed by atoms with E-state index in [0.29, 0.717) is 32.5 Å². The molecule has 26 heavy (non-hydrogen) atoms. The largest absolute Gasteiger partial charge is 0.387 e. The van der Waals surface area contributed by atoms with E-state index in [1.165, 1.54) is 30.4 Å². The van der Waals surface area contributed by atoms with Crippen LogP contribution in [0.1, 0.15) is 36.0 Å². The Hall–Kier alpha value is -1.43. The van der Waals surface area contributed by atoms with Crippen molar-refractivity contribution in [1.29, 1.82) is 0 Å². The lowest BCUT2D eigenvalue weighted by Crippen LogP contribution is -2.49. The minimum absolute atomic E-state index is 0.138. The SMILES string of the molecule is O=C(Cc1ccc2c(c1)CCCC2)N1CC[C@](O)(CN2CCOCC2)C1. The van der Waals surface area contributed by atoms with E-state index < -0.39 is 5.60 Å². The quantitative estimate of drug-likeness (QED) is 0.884. The standard InChI is InChI=1S/C21H30N2O3/c24-20(14-17-5-6-18-3-1-2-4-19(18)13-17)23-8-7-21(25,16-23)15-22-9-11-26-12-10-22/h5-6,13,25H,1-4,7-12,14-16H2/t21-/m0/s1. The normalized spacial score (nSPS) is 26.7. The van der Waals surface area contributed by atoms with E-state index >= 15 is 0 Å². The molecule has 2 aliphatic heterocycles. The van der Waals surface area contributed by atoms with Crippen LogP contribution >= 0.6 is 0 Å². The molecule has 0 radical (unpaired) electrons. The van der Waals surface area contributed by atoms with Crippen LogP contribution in [0, 0.1) is 0 Å². The summed E-state index contributed by atoms with van der Waals surface area (Å²) < 4.78 is 5.37. The Labute approximate surface area is 155 Å². The number of aliphatic hydroxyl groups is 1. The second-order valence-electron chi connectivity index (χ2n) is 8.17. The van der Waals surface area contributed by atoms with Crippen molar-refractivity contribution in [2.75, 3.05) is 45.9 Å². The second kappa shape index (κ2) is 7.67. The Balaban J connectivity index is 1.34. The molecule has 142 valence electrons. The molecule has 1 aromatic carbocycles. The van der Waals surface area contributed by atoms with Crippen molar-refractivity contribution in [2.24, 2.45) is 0 Å². The third kappa shape index (κ3) is 4.11. The topological polar surface area (TPSA) is 53.0 Å². The first-order chi connectivity index (χ1) is 12.6. The van der Waals surface area contributed by atoms with Gasteiger partial charge in [0, 0.05) is 26.2 Å². The highest BCUT2D eigenvalue weighted by Crippen LogP contribution is 2.25. The minimum Gasteiger partial charge on any atom is -0.387 e. The molecule has 2 heterocycles. The number of aryl methyl sites for hydroxylation is 2. The number of carbonyl (C=O) groups excluding carboxylic acids is 1. The van der Waals surface area contributed by atoms with Gasteiger partial charge in [0.1, 0.15) is 0 Å². The maximum Gasteiger partial charge on any atom is 0.227 e. The van der Waals surface area contributed by atoms with Gasteiger partial charge in [-0.1, -0.05) is 18.2 Å². The number of hydrogen-bond acceptors (Lipinski definition) is 4. The van der Waals surface area contributed by atoms with Crippen molar-refractivity contribution in [3.05, 3.63) is 34.9 Å².